The second kappa shape index (κ2) is 8.70. The van der Waals surface area contributed by atoms with Gasteiger partial charge in [-0.1, -0.05) is 26.8 Å². The number of hydrogen-bond donors (Lipinski definition) is 4. The maximum atomic E-state index is 11.6. The van der Waals surface area contributed by atoms with Gasteiger partial charge in [0.25, 0.3) is 0 Å². The van der Waals surface area contributed by atoms with Crippen molar-refractivity contribution >= 4 is 5.97 Å². The van der Waals surface area contributed by atoms with Crippen LogP contribution in [0.4, 0.5) is 0 Å². The summed E-state index contributed by atoms with van der Waals surface area (Å²) in [7, 11) is 0. The van der Waals surface area contributed by atoms with Crippen LogP contribution in [0.5, 0.6) is 0 Å². The van der Waals surface area contributed by atoms with Crippen LogP contribution in [0.15, 0.2) is 11.6 Å². The van der Waals surface area contributed by atoms with E-state index in [1.807, 2.05) is 6.08 Å². The van der Waals surface area contributed by atoms with Gasteiger partial charge in [0.1, 0.15) is 0 Å². The number of carbonyl (C=O) groups is 1. The molecule has 4 saturated carbocycles. The smallest absolute Gasteiger partial charge is 0.330 e. The Morgan fingerprint density at radius 1 is 1.03 bits per heavy atom. The van der Waals surface area contributed by atoms with Crippen LogP contribution in [0.1, 0.15) is 85.5 Å². The van der Waals surface area contributed by atoms with Crippen molar-refractivity contribution in [3.63, 3.8) is 0 Å². The van der Waals surface area contributed by atoms with Gasteiger partial charge in [-0.25, -0.2) is 4.79 Å². The summed E-state index contributed by atoms with van der Waals surface area (Å²) < 4.78 is 0. The average molecular weight is 449 g/mol. The Hall–Kier alpha value is -0.910. The molecule has 11 atom stereocenters. The van der Waals surface area contributed by atoms with Crippen molar-refractivity contribution in [3.05, 3.63) is 11.6 Å². The molecule has 4 N–H and O–H groups in total. The van der Waals surface area contributed by atoms with Crippen LogP contribution in [0.3, 0.4) is 0 Å². The zero-order valence-electron chi connectivity index (χ0n) is 20.3. The van der Waals surface area contributed by atoms with E-state index in [0.717, 1.165) is 51.4 Å². The van der Waals surface area contributed by atoms with Gasteiger partial charge in [0.2, 0.25) is 0 Å². The summed E-state index contributed by atoms with van der Waals surface area (Å²) in [6.45, 7) is 8.55. The second-order valence-electron chi connectivity index (χ2n) is 12.3. The van der Waals surface area contributed by atoms with E-state index < -0.39 is 5.97 Å². The van der Waals surface area contributed by atoms with E-state index in [-0.39, 0.29) is 35.1 Å². The van der Waals surface area contributed by atoms with Crippen LogP contribution in [-0.4, -0.2) is 44.7 Å². The van der Waals surface area contributed by atoms with Crippen molar-refractivity contribution in [2.75, 3.05) is 0 Å². The van der Waals surface area contributed by atoms with Gasteiger partial charge in [-0.15, -0.1) is 0 Å². The summed E-state index contributed by atoms with van der Waals surface area (Å²) in [5.74, 6) is 1.45. The highest BCUT2D eigenvalue weighted by Crippen LogP contribution is 2.68. The summed E-state index contributed by atoms with van der Waals surface area (Å²) in [4.78, 5) is 11.1. The molecule has 0 aromatic rings. The lowest BCUT2D eigenvalue weighted by molar-refractivity contribution is -0.202. The normalized spacial score (nSPS) is 49.7. The minimum Gasteiger partial charge on any atom is -0.478 e. The fourth-order valence-electron chi connectivity index (χ4n) is 9.05. The molecule has 182 valence electrons. The first-order valence-corrected chi connectivity index (χ1v) is 12.9. The van der Waals surface area contributed by atoms with Gasteiger partial charge in [0, 0.05) is 5.57 Å². The van der Waals surface area contributed by atoms with E-state index in [2.05, 4.69) is 20.8 Å². The third kappa shape index (κ3) is 3.76. The molecule has 0 spiro atoms. The summed E-state index contributed by atoms with van der Waals surface area (Å²) in [6, 6.07) is 0. The number of carboxylic acids is 1. The number of rotatable bonds is 5. The fraction of sp³-hybridized carbons (Fsp3) is 0.889. The number of aliphatic carboxylic acids is 1. The zero-order valence-corrected chi connectivity index (χ0v) is 20.3. The average Bonchev–Trinajstić information content (AvgIpc) is 3.09. The molecule has 0 aliphatic heterocycles. The summed E-state index contributed by atoms with van der Waals surface area (Å²) >= 11 is 0. The number of fused-ring (bicyclic) bond motifs is 5. The first kappa shape index (κ1) is 24.2. The monoisotopic (exact) mass is 448 g/mol. The highest BCUT2D eigenvalue weighted by molar-refractivity contribution is 5.85. The van der Waals surface area contributed by atoms with Gasteiger partial charge in [-0.2, -0.15) is 0 Å². The molecule has 0 aromatic heterocycles. The Morgan fingerprint density at radius 3 is 2.44 bits per heavy atom. The fourth-order valence-corrected chi connectivity index (χ4v) is 9.05. The predicted molar refractivity (Wildman–Crippen MR) is 124 cm³/mol. The largest absolute Gasteiger partial charge is 0.478 e. The molecule has 32 heavy (non-hydrogen) atoms. The maximum Gasteiger partial charge on any atom is 0.330 e. The molecule has 4 rings (SSSR count). The van der Waals surface area contributed by atoms with Gasteiger partial charge >= 0.3 is 5.97 Å². The van der Waals surface area contributed by atoms with E-state index in [0.29, 0.717) is 41.6 Å². The molecule has 0 saturated heterocycles. The molecule has 5 nitrogen and oxygen atoms in total. The van der Waals surface area contributed by atoms with Crippen molar-refractivity contribution in [1.29, 1.82) is 0 Å². The summed E-state index contributed by atoms with van der Waals surface area (Å²) in [5.41, 5.74) is 0.278. The highest BCUT2D eigenvalue weighted by atomic mass is 16.4. The van der Waals surface area contributed by atoms with Crippen LogP contribution in [0.2, 0.25) is 0 Å². The maximum absolute atomic E-state index is 11.6. The van der Waals surface area contributed by atoms with Crippen molar-refractivity contribution in [2.45, 2.75) is 104 Å². The lowest BCUT2D eigenvalue weighted by atomic mass is 9.43. The van der Waals surface area contributed by atoms with Gasteiger partial charge in [-0.05, 0) is 111 Å². The molecular weight excluding hydrogens is 404 g/mol. The lowest BCUT2D eigenvalue weighted by Crippen LogP contribution is -2.61. The SMILES string of the molecule is C/C(=C\CC[C@@H](C)[C@H]1CC[C@H]2[C@@H]3C[C@@H](O)[C@@H]4C[C@H](O)CC[C@]4(C)[C@H]3C[C@H](O)[C@]12C)C(=O)O. The minimum atomic E-state index is -0.850. The third-order valence-corrected chi connectivity index (χ3v) is 10.9. The minimum absolute atomic E-state index is 0.00668. The zero-order chi connectivity index (χ0) is 23.4. The van der Waals surface area contributed by atoms with Gasteiger partial charge in [-0.3, -0.25) is 0 Å². The van der Waals surface area contributed by atoms with Crippen LogP contribution in [0.25, 0.3) is 0 Å². The summed E-state index contributed by atoms with van der Waals surface area (Å²) in [6.07, 6.45) is 8.86. The molecule has 0 aromatic carbocycles. The van der Waals surface area contributed by atoms with Gasteiger partial charge in [0.15, 0.2) is 0 Å². The van der Waals surface area contributed by atoms with Crippen molar-refractivity contribution in [1.82, 2.24) is 0 Å². The highest BCUT2D eigenvalue weighted by Gasteiger charge is 2.65. The van der Waals surface area contributed by atoms with Crippen LogP contribution in [-0.2, 0) is 4.79 Å². The molecular formula is C27H44O5. The molecule has 0 radical (unpaired) electrons. The van der Waals surface area contributed by atoms with Crippen LogP contribution < -0.4 is 0 Å². The number of hydrogen-bond acceptors (Lipinski definition) is 4. The van der Waals surface area contributed by atoms with E-state index in [9.17, 15) is 20.1 Å². The molecule has 5 heteroatoms. The Labute approximate surface area is 193 Å². The van der Waals surface area contributed by atoms with E-state index >= 15 is 0 Å². The van der Waals surface area contributed by atoms with Crippen LogP contribution in [0, 0.1) is 46.3 Å². The number of allylic oxidation sites excluding steroid dienone is 1. The first-order chi connectivity index (χ1) is 15.0. The third-order valence-electron chi connectivity index (χ3n) is 10.9. The molecule has 4 aliphatic rings. The molecule has 0 bridgehead atoms. The van der Waals surface area contributed by atoms with E-state index in [1.54, 1.807) is 6.92 Å². The predicted octanol–water partition coefficient (Wildman–Crippen LogP) is 4.40. The quantitative estimate of drug-likeness (QED) is 0.468. The Morgan fingerprint density at radius 2 is 1.75 bits per heavy atom. The Balaban J connectivity index is 1.53. The van der Waals surface area contributed by atoms with Crippen molar-refractivity contribution in [2.24, 2.45) is 46.3 Å². The molecule has 4 fully saturated rings. The lowest BCUT2D eigenvalue weighted by Gasteiger charge is -2.63. The second-order valence-corrected chi connectivity index (χ2v) is 12.3. The molecule has 4 aliphatic carbocycles. The van der Waals surface area contributed by atoms with Crippen molar-refractivity contribution < 1.29 is 25.2 Å². The standard InChI is InChI=1S/C27H44O5/c1-15(6-5-7-16(2)25(31)32)19-8-9-20-18-13-23(29)22-12-17(28)10-11-26(22,3)21(18)14-24(30)27(19,20)4/h7,15,17-24,28-30H,5-6,8-14H2,1-4H3,(H,31,32)/b16-7+/t15-,17-,18+,19-,20+,21+,22+,23-,24+,26-,27-/m1/s1. The van der Waals surface area contributed by atoms with E-state index in [4.69, 9.17) is 5.11 Å². The number of aliphatic hydroxyl groups excluding tert-OH is 3. The molecule has 0 heterocycles. The number of aliphatic hydroxyl groups is 3. The number of carboxylic acid groups (broad SMARTS) is 1. The molecule has 0 unspecified atom stereocenters. The molecule has 0 amide bonds. The van der Waals surface area contributed by atoms with E-state index in [1.165, 1.54) is 0 Å². The Kier molecular flexibility index (Phi) is 6.59. The van der Waals surface area contributed by atoms with Gasteiger partial charge in [0.05, 0.1) is 18.3 Å². The van der Waals surface area contributed by atoms with Gasteiger partial charge < -0.3 is 20.4 Å². The first-order valence-electron chi connectivity index (χ1n) is 12.9. The Bertz CT molecular complexity index is 748. The topological polar surface area (TPSA) is 98.0 Å². The van der Waals surface area contributed by atoms with Crippen LogP contribution >= 0.6 is 0 Å². The van der Waals surface area contributed by atoms with Crippen molar-refractivity contribution in [3.8, 4) is 0 Å². The summed E-state index contributed by atoms with van der Waals surface area (Å²) in [5, 5.41) is 42.1.